The highest BCUT2D eigenvalue weighted by atomic mass is 16.5. The van der Waals surface area contributed by atoms with Crippen LogP contribution in [0, 0.1) is 0 Å². The Hall–Kier alpha value is -1.95. The highest BCUT2D eigenvalue weighted by Crippen LogP contribution is 2.22. The van der Waals surface area contributed by atoms with Crippen LogP contribution in [0.2, 0.25) is 0 Å². The maximum absolute atomic E-state index is 8.96. The van der Waals surface area contributed by atoms with E-state index in [-0.39, 0.29) is 6.61 Å². The van der Waals surface area contributed by atoms with Crippen LogP contribution in [0.25, 0.3) is 5.69 Å². The summed E-state index contributed by atoms with van der Waals surface area (Å²) in [5, 5.41) is 20.4. The van der Waals surface area contributed by atoms with Crippen molar-refractivity contribution in [2.75, 3.05) is 13.7 Å². The van der Waals surface area contributed by atoms with Crippen molar-refractivity contribution in [2.45, 2.75) is 19.8 Å². The first-order chi connectivity index (χ1) is 8.80. The van der Waals surface area contributed by atoms with Gasteiger partial charge in [0.2, 0.25) is 0 Å². The minimum Gasteiger partial charge on any atom is -0.496 e. The van der Waals surface area contributed by atoms with Crippen LogP contribution in [0.1, 0.15) is 18.3 Å². The number of tetrazole rings is 1. The molecule has 1 N–H and O–H groups in total. The number of ether oxygens (including phenoxy) is 1. The maximum atomic E-state index is 8.96. The van der Waals surface area contributed by atoms with E-state index in [4.69, 9.17) is 9.84 Å². The number of hydrogen-bond acceptors (Lipinski definition) is 5. The van der Waals surface area contributed by atoms with E-state index in [0.29, 0.717) is 12.2 Å². The molecule has 96 valence electrons. The van der Waals surface area contributed by atoms with Gasteiger partial charge in [-0.05, 0) is 40.6 Å². The monoisotopic (exact) mass is 248 g/mol. The topological polar surface area (TPSA) is 73.1 Å². The predicted octanol–water partition coefficient (Wildman–Crippen LogP) is 0.768. The molecule has 2 rings (SSSR count). The second-order valence-electron chi connectivity index (χ2n) is 3.83. The second-order valence-corrected chi connectivity index (χ2v) is 3.83. The van der Waals surface area contributed by atoms with E-state index in [1.807, 2.05) is 18.2 Å². The Kier molecular flexibility index (Phi) is 3.88. The lowest BCUT2D eigenvalue weighted by Crippen LogP contribution is -2.06. The van der Waals surface area contributed by atoms with Gasteiger partial charge in [-0.15, -0.1) is 5.10 Å². The summed E-state index contributed by atoms with van der Waals surface area (Å²) < 4.78 is 6.92. The Morgan fingerprint density at radius 1 is 1.39 bits per heavy atom. The summed E-state index contributed by atoms with van der Waals surface area (Å²) in [5.41, 5.74) is 1.97. The van der Waals surface area contributed by atoms with Crippen molar-refractivity contribution < 1.29 is 9.84 Å². The van der Waals surface area contributed by atoms with Gasteiger partial charge in [-0.2, -0.15) is 4.68 Å². The molecule has 2 aromatic rings. The van der Waals surface area contributed by atoms with Crippen LogP contribution in [0.4, 0.5) is 0 Å². The molecular formula is C12H16N4O2. The minimum absolute atomic E-state index is 0.0250. The maximum Gasteiger partial charge on any atom is 0.158 e. The molecule has 0 fully saturated rings. The third-order valence-electron chi connectivity index (χ3n) is 2.76. The number of benzene rings is 1. The molecule has 6 heteroatoms. The van der Waals surface area contributed by atoms with Crippen LogP contribution in [0.5, 0.6) is 5.75 Å². The normalized spacial score (nSPS) is 10.6. The highest BCUT2D eigenvalue weighted by Gasteiger charge is 2.10. The molecule has 0 amide bonds. The molecule has 1 aromatic carbocycles. The fourth-order valence-corrected chi connectivity index (χ4v) is 1.84. The number of aliphatic hydroxyl groups is 1. The van der Waals surface area contributed by atoms with Crippen molar-refractivity contribution in [1.29, 1.82) is 0 Å². The molecule has 0 bridgehead atoms. The van der Waals surface area contributed by atoms with Gasteiger partial charge in [0.1, 0.15) is 5.75 Å². The van der Waals surface area contributed by atoms with Crippen LogP contribution >= 0.6 is 0 Å². The number of rotatable bonds is 5. The predicted molar refractivity (Wildman–Crippen MR) is 65.9 cm³/mol. The zero-order valence-corrected chi connectivity index (χ0v) is 10.5. The van der Waals surface area contributed by atoms with E-state index < -0.39 is 0 Å². The Labute approximate surface area is 105 Å². The lowest BCUT2D eigenvalue weighted by Gasteiger charge is -2.09. The summed E-state index contributed by atoms with van der Waals surface area (Å²) in [7, 11) is 1.66. The highest BCUT2D eigenvalue weighted by molar-refractivity contribution is 5.44. The quantitative estimate of drug-likeness (QED) is 0.846. The van der Waals surface area contributed by atoms with Gasteiger partial charge in [0.15, 0.2) is 5.82 Å². The van der Waals surface area contributed by atoms with E-state index in [0.717, 1.165) is 23.4 Å². The lowest BCUT2D eigenvalue weighted by molar-refractivity contribution is 0.295. The summed E-state index contributed by atoms with van der Waals surface area (Å²) in [6, 6.07) is 5.80. The Morgan fingerprint density at radius 2 is 2.22 bits per heavy atom. The molecule has 1 heterocycles. The van der Waals surface area contributed by atoms with E-state index in [1.165, 1.54) is 0 Å². The number of nitrogens with zero attached hydrogens (tertiary/aromatic N) is 4. The molecule has 18 heavy (non-hydrogen) atoms. The summed E-state index contributed by atoms with van der Waals surface area (Å²) in [4.78, 5) is 0. The van der Waals surface area contributed by atoms with Crippen molar-refractivity contribution in [2.24, 2.45) is 0 Å². The van der Waals surface area contributed by atoms with Gasteiger partial charge in [0.05, 0.1) is 19.4 Å². The van der Waals surface area contributed by atoms with Gasteiger partial charge in [-0.1, -0.05) is 6.92 Å². The second kappa shape index (κ2) is 5.59. The first-order valence-corrected chi connectivity index (χ1v) is 5.85. The summed E-state index contributed by atoms with van der Waals surface area (Å²) in [6.45, 7) is 2.09. The van der Waals surface area contributed by atoms with Crippen molar-refractivity contribution in [3.63, 3.8) is 0 Å². The Morgan fingerprint density at radius 3 is 2.89 bits per heavy atom. The average molecular weight is 248 g/mol. The lowest BCUT2D eigenvalue weighted by atomic mass is 10.1. The number of aromatic nitrogens is 4. The van der Waals surface area contributed by atoms with Crippen LogP contribution in [-0.4, -0.2) is 39.0 Å². The van der Waals surface area contributed by atoms with Crippen molar-refractivity contribution in [3.05, 3.63) is 29.6 Å². The van der Waals surface area contributed by atoms with E-state index in [2.05, 4.69) is 22.4 Å². The van der Waals surface area contributed by atoms with Crippen molar-refractivity contribution in [1.82, 2.24) is 20.2 Å². The number of aryl methyl sites for hydroxylation is 1. The summed E-state index contributed by atoms with van der Waals surface area (Å²) in [5.74, 6) is 1.50. The molecule has 0 atom stereocenters. The molecule has 6 nitrogen and oxygen atoms in total. The Balaban J connectivity index is 2.41. The van der Waals surface area contributed by atoms with Crippen molar-refractivity contribution >= 4 is 0 Å². The molecule has 0 spiro atoms. The number of hydrogen-bond donors (Lipinski definition) is 1. The van der Waals surface area contributed by atoms with Gasteiger partial charge in [-0.3, -0.25) is 0 Å². The van der Waals surface area contributed by atoms with Crippen LogP contribution < -0.4 is 4.74 Å². The zero-order chi connectivity index (χ0) is 13.0. The molecular weight excluding hydrogens is 232 g/mol. The van der Waals surface area contributed by atoms with Gasteiger partial charge in [0, 0.05) is 6.42 Å². The fourth-order valence-electron chi connectivity index (χ4n) is 1.84. The molecule has 0 unspecified atom stereocenters. The van der Waals surface area contributed by atoms with Crippen LogP contribution in [0.15, 0.2) is 18.2 Å². The molecule has 0 radical (unpaired) electrons. The number of methoxy groups -OCH3 is 1. The van der Waals surface area contributed by atoms with Gasteiger partial charge >= 0.3 is 0 Å². The summed E-state index contributed by atoms with van der Waals surface area (Å²) in [6.07, 6.45) is 1.30. The first kappa shape index (κ1) is 12.5. The largest absolute Gasteiger partial charge is 0.496 e. The molecule has 0 saturated heterocycles. The molecule has 0 aliphatic heterocycles. The Bertz CT molecular complexity index is 525. The average Bonchev–Trinajstić information content (AvgIpc) is 2.86. The first-order valence-electron chi connectivity index (χ1n) is 5.85. The SMILES string of the molecule is CCc1cc(-n2nnnc2CCO)ccc1OC. The van der Waals surface area contributed by atoms with Gasteiger partial charge in [-0.25, -0.2) is 0 Å². The van der Waals surface area contributed by atoms with Crippen LogP contribution in [-0.2, 0) is 12.8 Å². The number of aliphatic hydroxyl groups excluding tert-OH is 1. The van der Waals surface area contributed by atoms with E-state index in [9.17, 15) is 0 Å². The summed E-state index contributed by atoms with van der Waals surface area (Å²) >= 11 is 0. The van der Waals surface area contributed by atoms with E-state index >= 15 is 0 Å². The standard InChI is InChI=1S/C12H16N4O2/c1-3-9-8-10(4-5-11(9)18-2)16-12(6-7-17)13-14-15-16/h4-5,8,17H,3,6-7H2,1-2H3. The fraction of sp³-hybridized carbons (Fsp3) is 0.417. The molecule has 0 saturated carbocycles. The third-order valence-corrected chi connectivity index (χ3v) is 2.76. The smallest absolute Gasteiger partial charge is 0.158 e. The van der Waals surface area contributed by atoms with E-state index in [1.54, 1.807) is 11.8 Å². The molecule has 1 aromatic heterocycles. The zero-order valence-electron chi connectivity index (χ0n) is 10.5. The van der Waals surface area contributed by atoms with Gasteiger partial charge < -0.3 is 9.84 Å². The third kappa shape index (κ3) is 2.33. The molecule has 0 aliphatic carbocycles. The minimum atomic E-state index is 0.0250. The van der Waals surface area contributed by atoms with Gasteiger partial charge in [0.25, 0.3) is 0 Å². The van der Waals surface area contributed by atoms with Crippen molar-refractivity contribution in [3.8, 4) is 11.4 Å². The molecule has 0 aliphatic rings. The van der Waals surface area contributed by atoms with Crippen LogP contribution in [0.3, 0.4) is 0 Å².